The maximum Gasteiger partial charge on any atom is -0.00203 e. The van der Waals surface area contributed by atoms with Crippen LogP contribution < -0.4 is 0 Å². The molecule has 0 aliphatic heterocycles. The van der Waals surface area contributed by atoms with Crippen molar-refractivity contribution in [3.05, 3.63) is 248 Å². The minimum absolute atomic E-state index is 0.0182. The zero-order chi connectivity index (χ0) is 46.0. The van der Waals surface area contributed by atoms with Crippen molar-refractivity contribution in [2.45, 2.75) is 39.0 Å². The zero-order valence-corrected chi connectivity index (χ0v) is 38.5. The van der Waals surface area contributed by atoms with Crippen LogP contribution in [0.25, 0.3) is 107 Å². The van der Waals surface area contributed by atoms with Gasteiger partial charge in [0.2, 0.25) is 0 Å². The van der Waals surface area contributed by atoms with E-state index in [4.69, 9.17) is 0 Å². The molecule has 0 amide bonds. The molecule has 0 heteroatoms. The summed E-state index contributed by atoms with van der Waals surface area (Å²) in [6, 6.07) is 47.0. The molecule has 1 aliphatic rings. The summed E-state index contributed by atoms with van der Waals surface area (Å²) in [6.45, 7) is 28.3. The van der Waals surface area contributed by atoms with Crippen LogP contribution in [0.4, 0.5) is 0 Å². The van der Waals surface area contributed by atoms with Crippen molar-refractivity contribution in [1.29, 1.82) is 0 Å². The highest BCUT2D eigenvalue weighted by molar-refractivity contribution is 6.16. The van der Waals surface area contributed by atoms with Gasteiger partial charge in [-0.3, -0.25) is 0 Å². The van der Waals surface area contributed by atoms with Crippen LogP contribution in [-0.2, 0) is 11.8 Å². The molecule has 0 unspecified atom stereocenters. The highest BCUT2D eigenvalue weighted by atomic mass is 14.3. The molecule has 0 atom stereocenters. The molecule has 8 aromatic rings. The van der Waals surface area contributed by atoms with Crippen LogP contribution in [0.3, 0.4) is 0 Å². The van der Waals surface area contributed by atoms with Gasteiger partial charge in [-0.05, 0) is 147 Å². The quantitative estimate of drug-likeness (QED) is 0.114. The van der Waals surface area contributed by atoms with E-state index in [1.54, 1.807) is 0 Å². The first-order chi connectivity index (χ1) is 32.3. The van der Waals surface area contributed by atoms with Crippen LogP contribution in [0.15, 0.2) is 209 Å². The third-order valence-electron chi connectivity index (χ3n) is 13.5. The molecule has 0 heterocycles. The molecule has 0 saturated carbocycles. The minimum Gasteiger partial charge on any atom is -0.0990 e. The van der Waals surface area contributed by atoms with Gasteiger partial charge in [-0.15, -0.1) is 0 Å². The van der Waals surface area contributed by atoms with Crippen LogP contribution in [-0.4, -0.2) is 0 Å². The van der Waals surface area contributed by atoms with Gasteiger partial charge in [0.05, 0.1) is 0 Å². The van der Waals surface area contributed by atoms with Gasteiger partial charge in [-0.25, -0.2) is 0 Å². The lowest BCUT2D eigenvalue weighted by molar-refractivity contribution is 0.530. The van der Waals surface area contributed by atoms with Crippen LogP contribution >= 0.6 is 0 Å². The number of rotatable bonds is 11. The lowest BCUT2D eigenvalue weighted by atomic mass is 9.76. The number of fused-ring (bicyclic) bond motifs is 4. The average molecular weight is 849 g/mol. The Morgan fingerprint density at radius 3 is 1.61 bits per heavy atom. The molecule has 0 nitrogen and oxygen atoms in total. The van der Waals surface area contributed by atoms with Crippen molar-refractivity contribution in [3.63, 3.8) is 0 Å². The second kappa shape index (κ2) is 18.4. The molecule has 9 rings (SSSR count). The summed E-state index contributed by atoms with van der Waals surface area (Å²) in [6.07, 6.45) is 26.9. The van der Waals surface area contributed by atoms with Gasteiger partial charge < -0.3 is 0 Å². The number of hydrogen-bond donors (Lipinski definition) is 0. The Labute approximate surface area is 391 Å². The lowest BCUT2D eigenvalue weighted by Gasteiger charge is -2.28. The van der Waals surface area contributed by atoms with Gasteiger partial charge in [0.1, 0.15) is 0 Å². The van der Waals surface area contributed by atoms with Crippen molar-refractivity contribution in [3.8, 4) is 44.5 Å². The molecule has 1 aliphatic carbocycles. The Morgan fingerprint density at radius 2 is 1.00 bits per heavy atom. The number of benzene rings is 8. The molecule has 0 fully saturated rings. The van der Waals surface area contributed by atoms with Gasteiger partial charge in [0.15, 0.2) is 0 Å². The fourth-order valence-electron chi connectivity index (χ4n) is 10.5. The maximum atomic E-state index is 4.41. The summed E-state index contributed by atoms with van der Waals surface area (Å²) < 4.78 is 0. The van der Waals surface area contributed by atoms with Crippen LogP contribution in [0.5, 0.6) is 0 Å². The summed E-state index contributed by atoms with van der Waals surface area (Å²) in [7, 11) is 0. The van der Waals surface area contributed by atoms with E-state index in [0.29, 0.717) is 0 Å². The first kappa shape index (κ1) is 43.5. The molecule has 0 bridgehead atoms. The molecule has 0 saturated heterocycles. The topological polar surface area (TPSA) is 0 Å². The first-order valence-electron chi connectivity index (χ1n) is 23.0. The van der Waals surface area contributed by atoms with E-state index in [0.717, 1.165) is 84.8 Å². The average Bonchev–Trinajstić information content (AvgIpc) is 3.42. The van der Waals surface area contributed by atoms with E-state index in [1.807, 2.05) is 37.3 Å². The Morgan fingerprint density at radius 1 is 0.500 bits per heavy atom. The normalized spacial score (nSPS) is 14.6. The van der Waals surface area contributed by atoms with E-state index in [9.17, 15) is 0 Å². The first-order valence-corrected chi connectivity index (χ1v) is 23.0. The summed E-state index contributed by atoms with van der Waals surface area (Å²) in [4.78, 5) is 0. The smallest absolute Gasteiger partial charge is 0.00203 e. The minimum atomic E-state index is -0.0182. The van der Waals surface area contributed by atoms with Crippen LogP contribution in [0, 0.1) is 0 Å². The van der Waals surface area contributed by atoms with Gasteiger partial charge in [-0.2, -0.15) is 0 Å². The predicted octanol–water partition coefficient (Wildman–Crippen LogP) is 18.9. The monoisotopic (exact) mass is 848 g/mol. The van der Waals surface area contributed by atoms with Gasteiger partial charge in [-0.1, -0.05) is 247 Å². The van der Waals surface area contributed by atoms with Gasteiger partial charge in [0.25, 0.3) is 0 Å². The Hall–Kier alpha value is -7.80. The second-order valence-corrected chi connectivity index (χ2v) is 17.7. The van der Waals surface area contributed by atoms with Gasteiger partial charge >= 0.3 is 0 Å². The Bertz CT molecular complexity index is 3400. The summed E-state index contributed by atoms with van der Waals surface area (Å²) in [5.41, 5.74) is 18.6. The molecule has 8 aromatic carbocycles. The molecular weight excluding hydrogens is 793 g/mol. The fraction of sp³-hybridized carbons (Fsp3) is 0.0909. The van der Waals surface area contributed by atoms with Gasteiger partial charge in [0, 0.05) is 0 Å². The zero-order valence-electron chi connectivity index (χ0n) is 38.5. The van der Waals surface area contributed by atoms with Crippen molar-refractivity contribution >= 4 is 62.2 Å². The van der Waals surface area contributed by atoms with E-state index < -0.39 is 0 Å². The molecule has 320 valence electrons. The third kappa shape index (κ3) is 7.49. The van der Waals surface area contributed by atoms with E-state index in [1.165, 1.54) is 49.4 Å². The fourth-order valence-corrected chi connectivity index (χ4v) is 10.5. The highest BCUT2D eigenvalue weighted by Gasteiger charge is 2.26. The Kier molecular flexibility index (Phi) is 12.1. The summed E-state index contributed by atoms with van der Waals surface area (Å²) in [5.74, 6) is 0. The molecule has 0 spiro atoms. The summed E-state index contributed by atoms with van der Waals surface area (Å²) >= 11 is 0. The van der Waals surface area contributed by atoms with Crippen molar-refractivity contribution in [1.82, 2.24) is 0 Å². The predicted molar refractivity (Wildman–Crippen MR) is 294 cm³/mol. The largest absolute Gasteiger partial charge is 0.0990 e. The maximum absolute atomic E-state index is 4.41. The second-order valence-electron chi connectivity index (χ2n) is 17.7. The third-order valence-corrected chi connectivity index (χ3v) is 13.5. The molecule has 66 heavy (non-hydrogen) atoms. The van der Waals surface area contributed by atoms with Crippen molar-refractivity contribution in [2.75, 3.05) is 0 Å². The Balaban J connectivity index is 1.19. The van der Waals surface area contributed by atoms with Crippen LogP contribution in [0.2, 0.25) is 0 Å². The van der Waals surface area contributed by atoms with E-state index in [-0.39, 0.29) is 5.41 Å². The highest BCUT2D eigenvalue weighted by Crippen LogP contribution is 2.48. The van der Waals surface area contributed by atoms with E-state index in [2.05, 4.69) is 217 Å². The molecule has 0 radical (unpaired) electrons. The standard InChI is InChI=1S/C66H56/c1-9-25-46(26-10-2)62-51(13-5)52(14-6)65(59-33-23-22-32-58(59)62)60-41-40-53(54-28-18-19-29-55(54)60)44-34-37-47(38-35-44)63-49(11-3)50(12-4)64(57-31-21-20-30-56(57)63)48-39-36-45-27-17-15-16-24-42-66(7,8)61(45)43-48/h9-26,28-41,43H,1,3-6,27,42H2,2,7-8H3/b17-15-,24-16-,26-10-,46-25+. The molecule has 0 N–H and O–H groups in total. The lowest BCUT2D eigenvalue weighted by Crippen LogP contribution is -2.18. The summed E-state index contributed by atoms with van der Waals surface area (Å²) in [5, 5.41) is 7.08. The van der Waals surface area contributed by atoms with Crippen molar-refractivity contribution < 1.29 is 0 Å². The molecular formula is C66H56. The number of hydrogen-bond acceptors (Lipinski definition) is 0. The molecule has 0 aromatic heterocycles. The number of allylic oxidation sites excluding steroid dienone is 9. The SMILES string of the molecule is C=C/C=C(\C=C/C)c1c(C=C)c(C=C)c(-c2ccc(-c3ccc(-c4c(C=C)c(C=C)c(-c5ccc6c(c5)C(C)(C)C/C=C\C=C/C6)c5ccccc45)cc3)c3ccccc23)c2ccccc12. The van der Waals surface area contributed by atoms with E-state index >= 15 is 0 Å². The van der Waals surface area contributed by atoms with Crippen LogP contribution in [0.1, 0.15) is 66.1 Å². The van der Waals surface area contributed by atoms with Crippen molar-refractivity contribution in [2.24, 2.45) is 0 Å².